The van der Waals surface area contributed by atoms with Crippen LogP contribution in [0.25, 0.3) is 11.3 Å². The smallest absolute Gasteiger partial charge is 0.422 e. The van der Waals surface area contributed by atoms with Gasteiger partial charge >= 0.3 is 6.18 Å². The molecule has 0 atom stereocenters. The molecule has 7 nitrogen and oxygen atoms in total. The normalized spacial score (nSPS) is 11.1. The maximum absolute atomic E-state index is 12.4. The first-order valence-corrected chi connectivity index (χ1v) is 9.32. The lowest BCUT2D eigenvalue weighted by Crippen LogP contribution is -2.19. The number of carbonyl (C=O) groups excluding carboxylic acids is 1. The quantitative estimate of drug-likeness (QED) is 0.587. The van der Waals surface area contributed by atoms with E-state index in [1.54, 1.807) is 30.7 Å². The molecule has 30 heavy (non-hydrogen) atoms. The van der Waals surface area contributed by atoms with Crippen molar-refractivity contribution in [1.82, 2.24) is 9.97 Å². The Balaban J connectivity index is 1.69. The Bertz CT molecular complexity index is 1020. The number of alkyl halides is 3. The fourth-order valence-electron chi connectivity index (χ4n) is 2.39. The average molecular weight is 439 g/mol. The van der Waals surface area contributed by atoms with Crippen LogP contribution in [-0.4, -0.2) is 42.9 Å². The van der Waals surface area contributed by atoms with Gasteiger partial charge in [-0.1, -0.05) is 0 Å². The molecule has 3 aromatic rings. The number of methoxy groups -OCH3 is 2. The number of pyridine rings is 1. The van der Waals surface area contributed by atoms with Crippen molar-refractivity contribution < 1.29 is 32.2 Å². The number of thiazole rings is 1. The van der Waals surface area contributed by atoms with E-state index in [0.29, 0.717) is 27.9 Å². The Morgan fingerprint density at radius 1 is 1.17 bits per heavy atom. The van der Waals surface area contributed by atoms with E-state index < -0.39 is 18.7 Å². The Morgan fingerprint density at radius 3 is 2.60 bits per heavy atom. The predicted octanol–water partition coefficient (Wildman–Crippen LogP) is 4.42. The lowest BCUT2D eigenvalue weighted by molar-refractivity contribution is -0.154. The minimum Gasteiger partial charge on any atom is -0.497 e. The molecular weight excluding hydrogens is 423 g/mol. The first-order valence-electron chi connectivity index (χ1n) is 8.44. The summed E-state index contributed by atoms with van der Waals surface area (Å²) in [6.45, 7) is -1.46. The highest BCUT2D eigenvalue weighted by Crippen LogP contribution is 2.35. The summed E-state index contributed by atoms with van der Waals surface area (Å²) in [5.41, 5.74) is 1.42. The summed E-state index contributed by atoms with van der Waals surface area (Å²) >= 11 is 1.20. The zero-order valence-electron chi connectivity index (χ0n) is 15.8. The molecule has 158 valence electrons. The Labute approximate surface area is 173 Å². The average Bonchev–Trinajstić information content (AvgIpc) is 3.19. The summed E-state index contributed by atoms with van der Waals surface area (Å²) in [7, 11) is 3.08. The zero-order valence-corrected chi connectivity index (χ0v) is 16.6. The van der Waals surface area contributed by atoms with Crippen molar-refractivity contribution in [2.45, 2.75) is 6.18 Å². The Kier molecular flexibility index (Phi) is 6.40. The maximum atomic E-state index is 12.4. The number of nitrogens with one attached hydrogen (secondary N) is 1. The number of benzene rings is 1. The molecule has 0 unspecified atom stereocenters. The van der Waals surface area contributed by atoms with E-state index in [0.717, 1.165) is 6.20 Å². The second-order valence-corrected chi connectivity index (χ2v) is 6.71. The molecule has 0 radical (unpaired) electrons. The predicted molar refractivity (Wildman–Crippen MR) is 104 cm³/mol. The summed E-state index contributed by atoms with van der Waals surface area (Å²) in [4.78, 5) is 20.5. The van der Waals surface area contributed by atoms with Gasteiger partial charge in [-0.2, -0.15) is 13.2 Å². The van der Waals surface area contributed by atoms with E-state index >= 15 is 0 Å². The van der Waals surface area contributed by atoms with E-state index in [4.69, 9.17) is 9.47 Å². The van der Waals surface area contributed by atoms with E-state index in [9.17, 15) is 18.0 Å². The second kappa shape index (κ2) is 8.99. The van der Waals surface area contributed by atoms with Gasteiger partial charge in [-0.3, -0.25) is 10.1 Å². The van der Waals surface area contributed by atoms with Gasteiger partial charge in [-0.15, -0.1) is 11.3 Å². The molecule has 0 spiro atoms. The minimum atomic E-state index is -4.47. The first kappa shape index (κ1) is 21.4. The summed E-state index contributed by atoms with van der Waals surface area (Å²) in [6.07, 6.45) is -3.34. The fraction of sp³-hybridized carbons (Fsp3) is 0.211. The van der Waals surface area contributed by atoms with Crippen LogP contribution in [0.15, 0.2) is 41.9 Å². The molecule has 3 rings (SSSR count). The highest BCUT2D eigenvalue weighted by atomic mass is 32.1. The van der Waals surface area contributed by atoms with E-state index in [1.807, 2.05) is 0 Å². The van der Waals surface area contributed by atoms with Crippen LogP contribution in [0.1, 0.15) is 10.4 Å². The van der Waals surface area contributed by atoms with Gasteiger partial charge in [0.05, 0.1) is 25.5 Å². The number of anilines is 1. The number of amides is 1. The summed E-state index contributed by atoms with van der Waals surface area (Å²) in [5.74, 6) is 0.481. The van der Waals surface area contributed by atoms with Gasteiger partial charge in [0, 0.05) is 23.2 Å². The van der Waals surface area contributed by atoms with E-state index in [1.165, 1.54) is 30.6 Å². The van der Waals surface area contributed by atoms with Gasteiger partial charge in [-0.05, 0) is 24.3 Å². The van der Waals surface area contributed by atoms with Gasteiger partial charge in [-0.25, -0.2) is 9.97 Å². The monoisotopic (exact) mass is 439 g/mol. The molecule has 0 aliphatic carbocycles. The number of ether oxygens (including phenoxy) is 3. The largest absolute Gasteiger partial charge is 0.497 e. The van der Waals surface area contributed by atoms with Crippen molar-refractivity contribution in [1.29, 1.82) is 0 Å². The van der Waals surface area contributed by atoms with E-state index in [2.05, 4.69) is 20.0 Å². The number of halogens is 3. The van der Waals surface area contributed by atoms with Crippen LogP contribution in [0.2, 0.25) is 0 Å². The topological polar surface area (TPSA) is 82.6 Å². The third-order valence-corrected chi connectivity index (χ3v) is 4.55. The fourth-order valence-corrected chi connectivity index (χ4v) is 3.10. The Morgan fingerprint density at radius 2 is 1.97 bits per heavy atom. The molecule has 1 aromatic carbocycles. The van der Waals surface area contributed by atoms with Crippen LogP contribution in [0.3, 0.4) is 0 Å². The third kappa shape index (κ3) is 5.38. The van der Waals surface area contributed by atoms with Crippen LogP contribution >= 0.6 is 11.3 Å². The first-order chi connectivity index (χ1) is 14.3. The number of hydrogen-bond acceptors (Lipinski definition) is 7. The van der Waals surface area contributed by atoms with Crippen molar-refractivity contribution >= 4 is 22.4 Å². The minimum absolute atomic E-state index is 0.144. The number of hydrogen-bond donors (Lipinski definition) is 1. The SMILES string of the molecule is COc1ccc(OC)c(-c2csc(NC(=O)c3ccc(OCC(F)(F)F)nc3)n2)c1. The number of rotatable bonds is 7. The molecule has 0 bridgehead atoms. The van der Waals surface area contributed by atoms with E-state index in [-0.39, 0.29) is 11.4 Å². The number of aromatic nitrogens is 2. The molecule has 0 aliphatic rings. The van der Waals surface area contributed by atoms with Gasteiger partial charge in [0.15, 0.2) is 11.7 Å². The maximum Gasteiger partial charge on any atom is 0.422 e. The highest BCUT2D eigenvalue weighted by Gasteiger charge is 2.28. The number of nitrogens with zero attached hydrogens (tertiary/aromatic N) is 2. The zero-order chi connectivity index (χ0) is 21.7. The molecule has 0 saturated carbocycles. The van der Waals surface area contributed by atoms with Gasteiger partial charge in [0.1, 0.15) is 11.5 Å². The van der Waals surface area contributed by atoms with Crippen molar-refractivity contribution in [3.05, 3.63) is 47.5 Å². The molecule has 2 heterocycles. The van der Waals surface area contributed by atoms with Gasteiger partial charge in [0.25, 0.3) is 5.91 Å². The van der Waals surface area contributed by atoms with Crippen molar-refractivity contribution in [3.63, 3.8) is 0 Å². The van der Waals surface area contributed by atoms with Gasteiger partial charge in [0.2, 0.25) is 5.88 Å². The molecule has 11 heteroatoms. The van der Waals surface area contributed by atoms with Crippen LogP contribution in [0, 0.1) is 0 Å². The molecule has 0 saturated heterocycles. The highest BCUT2D eigenvalue weighted by molar-refractivity contribution is 7.14. The lowest BCUT2D eigenvalue weighted by atomic mass is 10.1. The second-order valence-electron chi connectivity index (χ2n) is 5.85. The van der Waals surface area contributed by atoms with Crippen LogP contribution in [0.5, 0.6) is 17.4 Å². The summed E-state index contributed by atoms with van der Waals surface area (Å²) in [5, 5.41) is 4.71. The summed E-state index contributed by atoms with van der Waals surface area (Å²) in [6, 6.07) is 7.78. The Hall–Kier alpha value is -3.34. The van der Waals surface area contributed by atoms with Crippen molar-refractivity contribution in [2.75, 3.05) is 26.1 Å². The molecular formula is C19H16F3N3O4S. The van der Waals surface area contributed by atoms with Crippen molar-refractivity contribution in [3.8, 4) is 28.6 Å². The molecule has 0 fully saturated rings. The van der Waals surface area contributed by atoms with Crippen LogP contribution in [-0.2, 0) is 0 Å². The van der Waals surface area contributed by atoms with Crippen LogP contribution < -0.4 is 19.5 Å². The molecule has 1 N–H and O–H groups in total. The van der Waals surface area contributed by atoms with Crippen LogP contribution in [0.4, 0.5) is 18.3 Å². The summed E-state index contributed by atoms with van der Waals surface area (Å²) < 4.78 is 51.6. The third-order valence-electron chi connectivity index (χ3n) is 3.79. The molecule has 1 amide bonds. The molecule has 2 aromatic heterocycles. The lowest BCUT2D eigenvalue weighted by Gasteiger charge is -2.09. The standard InChI is InChI=1S/C19H16F3N3O4S/c1-27-12-4-5-15(28-2)13(7-12)14-9-30-18(24-14)25-17(26)11-3-6-16(23-8-11)29-10-19(20,21)22/h3-9H,10H2,1-2H3,(H,24,25,26). The van der Waals surface area contributed by atoms with Gasteiger partial charge < -0.3 is 14.2 Å². The van der Waals surface area contributed by atoms with Crippen molar-refractivity contribution in [2.24, 2.45) is 0 Å². The molecule has 0 aliphatic heterocycles. The number of carbonyl (C=O) groups is 1.